The molecule has 2 aromatic carbocycles. The van der Waals surface area contributed by atoms with Crippen molar-refractivity contribution in [1.29, 1.82) is 0 Å². The molecule has 0 amide bonds. The van der Waals surface area contributed by atoms with Gasteiger partial charge < -0.3 is 10.5 Å². The summed E-state index contributed by atoms with van der Waals surface area (Å²) in [4.78, 5) is 0. The molecule has 1 unspecified atom stereocenters. The number of hydrogen-bond donors (Lipinski definition) is 1. The van der Waals surface area contributed by atoms with E-state index in [2.05, 4.69) is 15.9 Å². The van der Waals surface area contributed by atoms with Crippen molar-refractivity contribution in [1.82, 2.24) is 0 Å². The third kappa shape index (κ3) is 2.97. The van der Waals surface area contributed by atoms with Crippen LogP contribution in [0.3, 0.4) is 0 Å². The van der Waals surface area contributed by atoms with E-state index in [0.717, 1.165) is 10.0 Å². The van der Waals surface area contributed by atoms with Crippen LogP contribution in [0.4, 0.5) is 4.39 Å². The van der Waals surface area contributed by atoms with E-state index in [-0.39, 0.29) is 0 Å². The average molecular weight is 359 g/mol. The fourth-order valence-corrected chi connectivity index (χ4v) is 2.53. The number of aryl methyl sites for hydroxylation is 1. The number of nitrogens with two attached hydrogens (primary N) is 1. The SMILES string of the molecule is COc1cc(C)c(Br)cc1C(N)c1ccc(Cl)cc1F. The largest absolute Gasteiger partial charge is 0.496 e. The first kappa shape index (κ1) is 15.3. The van der Waals surface area contributed by atoms with Crippen LogP contribution in [0.5, 0.6) is 5.75 Å². The van der Waals surface area contributed by atoms with Crippen LogP contribution in [0, 0.1) is 12.7 Å². The molecule has 0 aliphatic heterocycles. The minimum Gasteiger partial charge on any atom is -0.496 e. The van der Waals surface area contributed by atoms with Crippen molar-refractivity contribution < 1.29 is 9.13 Å². The van der Waals surface area contributed by atoms with E-state index in [4.69, 9.17) is 22.1 Å². The van der Waals surface area contributed by atoms with Gasteiger partial charge in [-0.05, 0) is 36.8 Å². The third-order valence-corrected chi connectivity index (χ3v) is 4.23. The van der Waals surface area contributed by atoms with Gasteiger partial charge in [-0.25, -0.2) is 4.39 Å². The highest BCUT2D eigenvalue weighted by molar-refractivity contribution is 9.10. The highest BCUT2D eigenvalue weighted by Gasteiger charge is 2.19. The summed E-state index contributed by atoms with van der Waals surface area (Å²) in [7, 11) is 1.57. The Balaban J connectivity index is 2.52. The molecule has 1 atom stereocenters. The Labute approximate surface area is 130 Å². The highest BCUT2D eigenvalue weighted by Crippen LogP contribution is 2.34. The zero-order chi connectivity index (χ0) is 14.9. The first-order valence-corrected chi connectivity index (χ1v) is 7.15. The smallest absolute Gasteiger partial charge is 0.129 e. The van der Waals surface area contributed by atoms with Gasteiger partial charge in [0.25, 0.3) is 0 Å². The lowest BCUT2D eigenvalue weighted by Crippen LogP contribution is -2.15. The Morgan fingerprint density at radius 1 is 1.25 bits per heavy atom. The topological polar surface area (TPSA) is 35.2 Å². The molecule has 0 heterocycles. The molecule has 0 aliphatic rings. The number of methoxy groups -OCH3 is 1. The monoisotopic (exact) mass is 357 g/mol. The van der Waals surface area contributed by atoms with E-state index in [9.17, 15) is 4.39 Å². The Morgan fingerprint density at radius 2 is 1.95 bits per heavy atom. The Kier molecular flexibility index (Phi) is 4.68. The summed E-state index contributed by atoms with van der Waals surface area (Å²) in [5.41, 5.74) is 8.29. The third-order valence-electron chi connectivity index (χ3n) is 3.14. The van der Waals surface area contributed by atoms with Crippen LogP contribution < -0.4 is 10.5 Å². The van der Waals surface area contributed by atoms with Gasteiger partial charge in [0.1, 0.15) is 11.6 Å². The Bertz CT molecular complexity index is 648. The average Bonchev–Trinajstić information content (AvgIpc) is 2.40. The second-order valence-corrected chi connectivity index (χ2v) is 5.78. The molecule has 0 spiro atoms. The van der Waals surface area contributed by atoms with Crippen LogP contribution in [0.15, 0.2) is 34.8 Å². The van der Waals surface area contributed by atoms with Crippen LogP contribution in [-0.4, -0.2) is 7.11 Å². The van der Waals surface area contributed by atoms with E-state index in [1.807, 2.05) is 19.1 Å². The molecule has 0 saturated heterocycles. The van der Waals surface area contributed by atoms with Crippen molar-refractivity contribution in [3.05, 3.63) is 62.3 Å². The summed E-state index contributed by atoms with van der Waals surface area (Å²) >= 11 is 9.21. The van der Waals surface area contributed by atoms with Gasteiger partial charge in [-0.1, -0.05) is 33.6 Å². The first-order valence-electron chi connectivity index (χ1n) is 5.98. The molecule has 2 N–H and O–H groups in total. The number of benzene rings is 2. The Hall–Kier alpha value is -1.10. The lowest BCUT2D eigenvalue weighted by Gasteiger charge is -2.18. The number of rotatable bonds is 3. The summed E-state index contributed by atoms with van der Waals surface area (Å²) in [6.45, 7) is 1.95. The van der Waals surface area contributed by atoms with Crippen LogP contribution in [0.2, 0.25) is 5.02 Å². The van der Waals surface area contributed by atoms with Gasteiger partial charge in [0.2, 0.25) is 0 Å². The maximum absolute atomic E-state index is 14.0. The van der Waals surface area contributed by atoms with Crippen molar-refractivity contribution in [2.75, 3.05) is 7.11 Å². The molecule has 2 aromatic rings. The molecule has 0 radical (unpaired) electrons. The van der Waals surface area contributed by atoms with Crippen molar-refractivity contribution in [3.8, 4) is 5.75 Å². The summed E-state index contributed by atoms with van der Waals surface area (Å²) in [5, 5.41) is 0.343. The lowest BCUT2D eigenvalue weighted by molar-refractivity contribution is 0.407. The summed E-state index contributed by atoms with van der Waals surface area (Å²) in [6.07, 6.45) is 0. The van der Waals surface area contributed by atoms with Gasteiger partial charge >= 0.3 is 0 Å². The quantitative estimate of drug-likeness (QED) is 0.870. The molecule has 5 heteroatoms. The number of hydrogen-bond acceptors (Lipinski definition) is 2. The van der Waals surface area contributed by atoms with Crippen LogP contribution in [0.25, 0.3) is 0 Å². The summed E-state index contributed by atoms with van der Waals surface area (Å²) < 4.78 is 20.2. The minimum absolute atomic E-state index is 0.343. The van der Waals surface area contributed by atoms with E-state index in [1.54, 1.807) is 19.2 Å². The van der Waals surface area contributed by atoms with Gasteiger partial charge in [-0.15, -0.1) is 0 Å². The molecule has 106 valence electrons. The maximum Gasteiger partial charge on any atom is 0.129 e. The van der Waals surface area contributed by atoms with E-state index in [1.165, 1.54) is 6.07 Å². The standard InChI is InChI=1S/C15H14BrClFNO/c1-8-5-14(20-2)11(7-12(8)16)15(19)10-4-3-9(17)6-13(10)18/h3-7,15H,19H2,1-2H3. The fourth-order valence-electron chi connectivity index (χ4n) is 2.01. The molecule has 0 aromatic heterocycles. The van der Waals surface area contributed by atoms with Crippen LogP contribution in [-0.2, 0) is 0 Å². The van der Waals surface area contributed by atoms with E-state index >= 15 is 0 Å². The second-order valence-electron chi connectivity index (χ2n) is 4.49. The molecule has 2 rings (SSSR count). The van der Waals surface area contributed by atoms with Gasteiger partial charge in [0, 0.05) is 20.6 Å². The van der Waals surface area contributed by atoms with Gasteiger partial charge in [0.05, 0.1) is 13.2 Å². The molecule has 0 fully saturated rings. The van der Waals surface area contributed by atoms with Crippen LogP contribution in [0.1, 0.15) is 22.7 Å². The maximum atomic E-state index is 14.0. The molecule has 2 nitrogen and oxygen atoms in total. The lowest BCUT2D eigenvalue weighted by atomic mass is 9.97. The fraction of sp³-hybridized carbons (Fsp3) is 0.200. The zero-order valence-electron chi connectivity index (χ0n) is 11.1. The van der Waals surface area contributed by atoms with Gasteiger partial charge in [0.15, 0.2) is 0 Å². The zero-order valence-corrected chi connectivity index (χ0v) is 13.4. The van der Waals surface area contributed by atoms with Crippen molar-refractivity contribution >= 4 is 27.5 Å². The molecule has 0 bridgehead atoms. The van der Waals surface area contributed by atoms with Crippen molar-refractivity contribution in [2.45, 2.75) is 13.0 Å². The molecule has 20 heavy (non-hydrogen) atoms. The minimum atomic E-state index is -0.626. The summed E-state index contributed by atoms with van der Waals surface area (Å²) in [6, 6.07) is 7.57. The normalized spacial score (nSPS) is 12.3. The first-order chi connectivity index (χ1) is 9.43. The van der Waals surface area contributed by atoms with Gasteiger partial charge in [-0.3, -0.25) is 0 Å². The predicted molar refractivity (Wildman–Crippen MR) is 82.9 cm³/mol. The number of halogens is 3. The van der Waals surface area contributed by atoms with Crippen LogP contribution >= 0.6 is 27.5 Å². The molecular formula is C15H14BrClFNO. The number of ether oxygens (including phenoxy) is 1. The Morgan fingerprint density at radius 3 is 2.55 bits per heavy atom. The molecule has 0 aliphatic carbocycles. The second kappa shape index (κ2) is 6.12. The van der Waals surface area contributed by atoms with E-state index in [0.29, 0.717) is 21.9 Å². The van der Waals surface area contributed by atoms with E-state index < -0.39 is 11.9 Å². The van der Waals surface area contributed by atoms with Gasteiger partial charge in [-0.2, -0.15) is 0 Å². The summed E-state index contributed by atoms with van der Waals surface area (Å²) in [5.74, 6) is 0.205. The van der Waals surface area contributed by atoms with Crippen molar-refractivity contribution in [2.24, 2.45) is 5.73 Å². The molecule has 0 saturated carbocycles. The highest BCUT2D eigenvalue weighted by atomic mass is 79.9. The predicted octanol–water partition coefficient (Wildman–Crippen LogP) is 4.61. The molecular weight excluding hydrogens is 345 g/mol. The van der Waals surface area contributed by atoms with Crippen molar-refractivity contribution in [3.63, 3.8) is 0 Å².